The van der Waals surface area contributed by atoms with Crippen LogP contribution in [0.3, 0.4) is 0 Å². The molecule has 0 spiro atoms. The lowest BCUT2D eigenvalue weighted by atomic mass is 10.0. The van der Waals surface area contributed by atoms with Crippen LogP contribution in [0.25, 0.3) is 21.8 Å². The highest BCUT2D eigenvalue weighted by atomic mass is 19.4. The zero-order chi connectivity index (χ0) is 22.8. The second-order valence-electron chi connectivity index (χ2n) is 7.62. The SMILES string of the molecule is CN(C(=O)c1ccc2nc(N)c3cnn(C)c3c2c1)C1COc2ncc(C(F)(F)F)cc21. The van der Waals surface area contributed by atoms with E-state index < -0.39 is 17.8 Å². The number of aromatic nitrogens is 4. The summed E-state index contributed by atoms with van der Waals surface area (Å²) in [7, 11) is 3.29. The highest BCUT2D eigenvalue weighted by Gasteiger charge is 2.37. The molecule has 1 aliphatic rings. The monoisotopic (exact) mass is 442 g/mol. The molecular formula is C21H17F3N6O2. The maximum Gasteiger partial charge on any atom is 0.417 e. The molecule has 164 valence electrons. The highest BCUT2D eigenvalue weighted by Crippen LogP contribution is 2.39. The normalized spacial score (nSPS) is 15.7. The number of ether oxygens (including phenoxy) is 1. The topological polar surface area (TPSA) is 99.2 Å². The smallest absolute Gasteiger partial charge is 0.417 e. The van der Waals surface area contributed by atoms with E-state index in [1.54, 1.807) is 36.1 Å². The van der Waals surface area contributed by atoms with E-state index in [-0.39, 0.29) is 24.0 Å². The molecule has 2 N–H and O–H groups in total. The van der Waals surface area contributed by atoms with Gasteiger partial charge in [-0.15, -0.1) is 0 Å². The quantitative estimate of drug-likeness (QED) is 0.511. The fourth-order valence-corrected chi connectivity index (χ4v) is 3.99. The van der Waals surface area contributed by atoms with Gasteiger partial charge in [-0.2, -0.15) is 18.3 Å². The number of likely N-dealkylation sites (N-methyl/N-ethyl adjacent to an activating group) is 1. The van der Waals surface area contributed by atoms with Crippen LogP contribution in [-0.4, -0.2) is 44.2 Å². The number of hydrogen-bond acceptors (Lipinski definition) is 6. The number of pyridine rings is 2. The van der Waals surface area contributed by atoms with E-state index in [0.717, 1.165) is 17.8 Å². The van der Waals surface area contributed by atoms with Crippen molar-refractivity contribution in [2.45, 2.75) is 12.2 Å². The molecule has 1 aliphatic heterocycles. The Kier molecular flexibility index (Phi) is 4.26. The van der Waals surface area contributed by atoms with Crippen molar-refractivity contribution in [2.75, 3.05) is 19.4 Å². The van der Waals surface area contributed by atoms with E-state index in [2.05, 4.69) is 15.1 Å². The molecule has 0 radical (unpaired) electrons. The number of carbonyl (C=O) groups excluding carboxylic acids is 1. The Morgan fingerprint density at radius 2 is 2.03 bits per heavy atom. The zero-order valence-corrected chi connectivity index (χ0v) is 17.0. The molecule has 1 amide bonds. The molecule has 0 aliphatic carbocycles. The number of fused-ring (bicyclic) bond motifs is 4. The lowest BCUT2D eigenvalue weighted by Gasteiger charge is -2.24. The van der Waals surface area contributed by atoms with Crippen molar-refractivity contribution in [3.63, 3.8) is 0 Å². The Morgan fingerprint density at radius 3 is 2.78 bits per heavy atom. The number of nitrogens with two attached hydrogens (primary N) is 1. The van der Waals surface area contributed by atoms with Crippen LogP contribution < -0.4 is 10.5 Å². The molecule has 1 atom stereocenters. The number of alkyl halides is 3. The summed E-state index contributed by atoms with van der Waals surface area (Å²) >= 11 is 0. The van der Waals surface area contributed by atoms with Gasteiger partial charge in [-0.25, -0.2) is 9.97 Å². The first-order valence-corrected chi connectivity index (χ1v) is 9.63. The van der Waals surface area contributed by atoms with Gasteiger partial charge in [-0.1, -0.05) is 0 Å². The summed E-state index contributed by atoms with van der Waals surface area (Å²) in [6.07, 6.45) is -2.21. The third-order valence-corrected chi connectivity index (χ3v) is 5.69. The van der Waals surface area contributed by atoms with Crippen LogP contribution in [0, 0.1) is 0 Å². The predicted molar refractivity (Wildman–Crippen MR) is 110 cm³/mol. The van der Waals surface area contributed by atoms with E-state index in [9.17, 15) is 18.0 Å². The van der Waals surface area contributed by atoms with E-state index in [0.29, 0.717) is 27.7 Å². The first-order valence-electron chi connectivity index (χ1n) is 9.63. The molecule has 32 heavy (non-hydrogen) atoms. The predicted octanol–water partition coefficient (Wildman–Crippen LogP) is 3.32. The summed E-state index contributed by atoms with van der Waals surface area (Å²) < 4.78 is 46.5. The van der Waals surface area contributed by atoms with Crippen LogP contribution >= 0.6 is 0 Å². The van der Waals surface area contributed by atoms with Crippen molar-refractivity contribution in [1.29, 1.82) is 0 Å². The largest absolute Gasteiger partial charge is 0.475 e. The molecule has 1 unspecified atom stereocenters. The summed E-state index contributed by atoms with van der Waals surface area (Å²) in [6.45, 7) is 0.0174. The summed E-state index contributed by atoms with van der Waals surface area (Å²) in [4.78, 5) is 22.7. The molecule has 5 rings (SSSR count). The number of nitrogen functional groups attached to an aromatic ring is 1. The van der Waals surface area contributed by atoms with Crippen LogP contribution in [-0.2, 0) is 13.2 Å². The lowest BCUT2D eigenvalue weighted by Crippen LogP contribution is -2.32. The standard InChI is InChI=1S/C21H17F3N6O2/c1-29(16-9-32-19-13(16)6-11(7-26-19)21(22,23)24)20(31)10-3-4-15-12(5-10)17-14(18(25)28-15)8-27-30(17)2/h3-8,16H,9H2,1-2H3,(H2,25,28). The number of halogens is 3. The average Bonchev–Trinajstić information content (AvgIpc) is 3.36. The fraction of sp³-hybridized carbons (Fsp3) is 0.238. The number of amides is 1. The third kappa shape index (κ3) is 3.00. The zero-order valence-electron chi connectivity index (χ0n) is 17.0. The summed E-state index contributed by atoms with van der Waals surface area (Å²) in [5.74, 6) is 0.0554. The number of aryl methyl sites for hydroxylation is 1. The van der Waals surface area contributed by atoms with Gasteiger partial charge < -0.3 is 15.4 Å². The molecule has 4 heterocycles. The number of carbonyl (C=O) groups is 1. The molecule has 0 bridgehead atoms. The van der Waals surface area contributed by atoms with Gasteiger partial charge in [-0.05, 0) is 24.3 Å². The van der Waals surface area contributed by atoms with E-state index in [1.807, 2.05) is 0 Å². The maximum atomic E-state index is 13.3. The first-order chi connectivity index (χ1) is 15.1. The molecular weight excluding hydrogens is 425 g/mol. The molecule has 1 aromatic carbocycles. The second-order valence-corrected chi connectivity index (χ2v) is 7.62. The summed E-state index contributed by atoms with van der Waals surface area (Å²) in [5, 5.41) is 5.58. The van der Waals surface area contributed by atoms with Crippen LogP contribution in [0.2, 0.25) is 0 Å². The van der Waals surface area contributed by atoms with Gasteiger partial charge in [0.2, 0.25) is 5.88 Å². The van der Waals surface area contributed by atoms with E-state index in [1.165, 1.54) is 11.9 Å². The van der Waals surface area contributed by atoms with Crippen LogP contribution in [0.15, 0.2) is 36.7 Å². The number of hydrogen-bond donors (Lipinski definition) is 1. The van der Waals surface area contributed by atoms with Gasteiger partial charge in [-0.3, -0.25) is 9.48 Å². The van der Waals surface area contributed by atoms with Gasteiger partial charge in [0.25, 0.3) is 5.91 Å². The lowest BCUT2D eigenvalue weighted by molar-refractivity contribution is -0.137. The molecule has 11 heteroatoms. The summed E-state index contributed by atoms with van der Waals surface area (Å²) in [6, 6.07) is 5.25. The van der Waals surface area contributed by atoms with Gasteiger partial charge in [0.05, 0.1) is 34.2 Å². The summed E-state index contributed by atoms with van der Waals surface area (Å²) in [5.41, 5.74) is 7.03. The van der Waals surface area contributed by atoms with Gasteiger partial charge in [0.1, 0.15) is 12.4 Å². The Hall–Kier alpha value is -3.89. The van der Waals surface area contributed by atoms with Crippen LogP contribution in [0.4, 0.5) is 19.0 Å². The maximum absolute atomic E-state index is 13.3. The number of rotatable bonds is 2. The van der Waals surface area contributed by atoms with Crippen molar-refractivity contribution in [2.24, 2.45) is 7.05 Å². The van der Waals surface area contributed by atoms with Crippen LogP contribution in [0.5, 0.6) is 5.88 Å². The molecule has 8 nitrogen and oxygen atoms in total. The van der Waals surface area contributed by atoms with Crippen LogP contribution in [0.1, 0.15) is 27.5 Å². The molecule has 0 saturated heterocycles. The van der Waals surface area contributed by atoms with E-state index >= 15 is 0 Å². The van der Waals surface area contributed by atoms with Crippen molar-refractivity contribution >= 4 is 33.5 Å². The second kappa shape index (κ2) is 6.81. The Labute approximate surface area is 179 Å². The molecule has 0 fully saturated rings. The minimum absolute atomic E-state index is 0.0174. The average molecular weight is 442 g/mol. The minimum atomic E-state index is -4.54. The fourth-order valence-electron chi connectivity index (χ4n) is 3.99. The number of benzene rings is 1. The Balaban J connectivity index is 1.54. The number of anilines is 1. The molecule has 3 aromatic heterocycles. The molecule has 0 saturated carbocycles. The third-order valence-electron chi connectivity index (χ3n) is 5.69. The first kappa shape index (κ1) is 20.0. The van der Waals surface area contributed by atoms with Crippen molar-refractivity contribution < 1.29 is 22.7 Å². The minimum Gasteiger partial charge on any atom is -0.475 e. The van der Waals surface area contributed by atoms with Crippen molar-refractivity contribution in [1.82, 2.24) is 24.6 Å². The van der Waals surface area contributed by atoms with Gasteiger partial charge in [0, 0.05) is 36.8 Å². The Morgan fingerprint density at radius 1 is 1.25 bits per heavy atom. The number of nitrogens with zero attached hydrogens (tertiary/aromatic N) is 5. The molecule has 4 aromatic rings. The van der Waals surface area contributed by atoms with Crippen molar-refractivity contribution in [3.05, 3.63) is 53.3 Å². The van der Waals surface area contributed by atoms with Gasteiger partial charge in [0.15, 0.2) is 0 Å². The van der Waals surface area contributed by atoms with Crippen molar-refractivity contribution in [3.8, 4) is 5.88 Å². The highest BCUT2D eigenvalue weighted by molar-refractivity contribution is 6.10. The van der Waals surface area contributed by atoms with E-state index in [4.69, 9.17) is 10.5 Å². The Bertz CT molecular complexity index is 1400. The van der Waals surface area contributed by atoms with Gasteiger partial charge >= 0.3 is 6.18 Å².